The van der Waals surface area contributed by atoms with Crippen LogP contribution in [0.3, 0.4) is 0 Å². The molecule has 2 amide bonds. The van der Waals surface area contributed by atoms with Crippen molar-refractivity contribution in [3.63, 3.8) is 0 Å². The van der Waals surface area contributed by atoms with Crippen LogP contribution in [-0.4, -0.2) is 21.8 Å². The van der Waals surface area contributed by atoms with Gasteiger partial charge >= 0.3 is 11.8 Å². The Bertz CT molecular complexity index is 718. The Hall–Kier alpha value is -2.42. The summed E-state index contributed by atoms with van der Waals surface area (Å²) in [5.74, 6) is -5.92. The van der Waals surface area contributed by atoms with Crippen molar-refractivity contribution in [3.8, 4) is 0 Å². The molecule has 0 bridgehead atoms. The molecule has 0 spiro atoms. The summed E-state index contributed by atoms with van der Waals surface area (Å²) < 4.78 is 28.3. The average Bonchev–Trinajstić information content (AvgIpc) is 2.85. The van der Waals surface area contributed by atoms with E-state index in [1.807, 2.05) is 5.32 Å². The lowest BCUT2D eigenvalue weighted by atomic mass is 10.1. The molecular formula is C13H12F2N4O2S. The fourth-order valence-electron chi connectivity index (χ4n) is 1.72. The number of primary amides is 1. The van der Waals surface area contributed by atoms with Gasteiger partial charge in [0.25, 0.3) is 0 Å². The number of pyridine rings is 1. The zero-order chi connectivity index (χ0) is 16.3. The first-order valence-corrected chi connectivity index (χ1v) is 7.02. The molecule has 0 aliphatic heterocycles. The Labute approximate surface area is 128 Å². The van der Waals surface area contributed by atoms with Crippen LogP contribution >= 0.6 is 11.3 Å². The van der Waals surface area contributed by atoms with Crippen LogP contribution in [0.2, 0.25) is 0 Å². The van der Waals surface area contributed by atoms with E-state index in [4.69, 9.17) is 5.73 Å². The largest absolute Gasteiger partial charge is 0.369 e. The quantitative estimate of drug-likeness (QED) is 0.872. The first kappa shape index (κ1) is 16.0. The summed E-state index contributed by atoms with van der Waals surface area (Å²) in [5.41, 5.74) is 4.91. The first-order valence-electron chi connectivity index (χ1n) is 6.14. The fraction of sp³-hybridized carbons (Fsp3) is 0.231. The molecule has 6 nitrogen and oxygen atoms in total. The zero-order valence-electron chi connectivity index (χ0n) is 11.5. The maximum atomic E-state index is 14.1. The summed E-state index contributed by atoms with van der Waals surface area (Å²) in [7, 11) is 0. The second-order valence-electron chi connectivity index (χ2n) is 4.48. The number of rotatable bonds is 5. The molecule has 2 aromatic heterocycles. The van der Waals surface area contributed by atoms with Gasteiger partial charge in [-0.25, -0.2) is 4.98 Å². The predicted octanol–water partition coefficient (Wildman–Crippen LogP) is 1.60. The van der Waals surface area contributed by atoms with Gasteiger partial charge in [-0.15, -0.1) is 11.3 Å². The third-order valence-corrected chi connectivity index (χ3v) is 3.53. The Morgan fingerprint density at radius 3 is 2.82 bits per heavy atom. The monoisotopic (exact) mass is 326 g/mol. The highest BCUT2D eigenvalue weighted by molar-refractivity contribution is 7.13. The molecule has 0 saturated carbocycles. The van der Waals surface area contributed by atoms with Crippen molar-refractivity contribution in [2.45, 2.75) is 19.3 Å². The minimum atomic E-state index is -3.79. The summed E-state index contributed by atoms with van der Waals surface area (Å²) >= 11 is 0.931. The number of nitrogens with two attached hydrogens (primary N) is 1. The molecule has 22 heavy (non-hydrogen) atoms. The average molecular weight is 326 g/mol. The van der Waals surface area contributed by atoms with Crippen molar-refractivity contribution in [1.82, 2.24) is 9.97 Å². The van der Waals surface area contributed by atoms with Crippen LogP contribution in [0.1, 0.15) is 17.0 Å². The molecule has 0 radical (unpaired) electrons. The lowest BCUT2D eigenvalue weighted by Crippen LogP contribution is -2.33. The van der Waals surface area contributed by atoms with Crippen molar-refractivity contribution in [3.05, 3.63) is 40.7 Å². The predicted molar refractivity (Wildman–Crippen MR) is 76.5 cm³/mol. The van der Waals surface area contributed by atoms with Gasteiger partial charge in [0.1, 0.15) is 5.69 Å². The van der Waals surface area contributed by atoms with Crippen LogP contribution in [0.4, 0.5) is 13.9 Å². The van der Waals surface area contributed by atoms with Gasteiger partial charge in [-0.05, 0) is 18.6 Å². The summed E-state index contributed by atoms with van der Waals surface area (Å²) in [6, 6.07) is 2.95. The molecule has 0 saturated heterocycles. The molecule has 116 valence electrons. The van der Waals surface area contributed by atoms with Crippen LogP contribution in [0.15, 0.2) is 23.7 Å². The number of carbonyl (C=O) groups is 2. The Balaban J connectivity index is 2.16. The standard InChI is InChI=1S/C13H12F2N4O2S/c1-7-3-2-4-17-10(7)13(14,15)11(21)19-12-18-8(6-22-12)5-9(16)20/h2-4,6H,5H2,1H3,(H2,16,20)(H,18,19,21). The Morgan fingerprint density at radius 2 is 2.18 bits per heavy atom. The topological polar surface area (TPSA) is 98.0 Å². The maximum Gasteiger partial charge on any atom is 0.366 e. The molecular weight excluding hydrogens is 314 g/mol. The van der Waals surface area contributed by atoms with Gasteiger partial charge in [0, 0.05) is 11.6 Å². The van der Waals surface area contributed by atoms with E-state index in [1.54, 1.807) is 0 Å². The SMILES string of the molecule is Cc1cccnc1C(F)(F)C(=O)Nc1nc(CC(N)=O)cs1. The van der Waals surface area contributed by atoms with Gasteiger partial charge in [0.2, 0.25) is 5.91 Å². The third-order valence-electron chi connectivity index (χ3n) is 2.72. The molecule has 0 aromatic carbocycles. The minimum Gasteiger partial charge on any atom is -0.369 e. The normalized spacial score (nSPS) is 11.2. The molecule has 9 heteroatoms. The summed E-state index contributed by atoms with van der Waals surface area (Å²) in [5, 5.41) is 3.46. The molecule has 0 fully saturated rings. The van der Waals surface area contributed by atoms with Gasteiger partial charge < -0.3 is 5.73 Å². The van der Waals surface area contributed by atoms with E-state index < -0.39 is 23.4 Å². The molecule has 3 N–H and O–H groups in total. The molecule has 2 heterocycles. The Morgan fingerprint density at radius 1 is 1.45 bits per heavy atom. The summed E-state index contributed by atoms with van der Waals surface area (Å²) in [6.07, 6.45) is 1.07. The number of hydrogen-bond donors (Lipinski definition) is 2. The van der Waals surface area contributed by atoms with E-state index in [9.17, 15) is 18.4 Å². The number of aryl methyl sites for hydroxylation is 1. The highest BCUT2D eigenvalue weighted by atomic mass is 32.1. The lowest BCUT2D eigenvalue weighted by Gasteiger charge is -2.16. The van der Waals surface area contributed by atoms with E-state index in [1.165, 1.54) is 30.6 Å². The number of anilines is 1. The number of carbonyl (C=O) groups excluding carboxylic acids is 2. The van der Waals surface area contributed by atoms with Gasteiger partial charge in [-0.2, -0.15) is 8.78 Å². The van der Waals surface area contributed by atoms with E-state index in [0.29, 0.717) is 5.69 Å². The van der Waals surface area contributed by atoms with Crippen molar-refractivity contribution in [2.75, 3.05) is 5.32 Å². The van der Waals surface area contributed by atoms with Crippen molar-refractivity contribution < 1.29 is 18.4 Å². The van der Waals surface area contributed by atoms with Gasteiger partial charge in [0.05, 0.1) is 12.1 Å². The second-order valence-corrected chi connectivity index (χ2v) is 5.34. The van der Waals surface area contributed by atoms with Crippen molar-refractivity contribution in [2.24, 2.45) is 5.73 Å². The molecule has 0 unspecified atom stereocenters. The first-order chi connectivity index (χ1) is 10.3. The fourth-order valence-corrected chi connectivity index (χ4v) is 2.43. The summed E-state index contributed by atoms with van der Waals surface area (Å²) in [6.45, 7) is 1.44. The van der Waals surface area contributed by atoms with Crippen LogP contribution < -0.4 is 11.1 Å². The molecule has 0 atom stereocenters. The highest BCUT2D eigenvalue weighted by Gasteiger charge is 2.44. The molecule has 2 rings (SSSR count). The van der Waals surface area contributed by atoms with Crippen molar-refractivity contribution >= 4 is 28.3 Å². The van der Waals surface area contributed by atoms with Crippen LogP contribution in [-0.2, 0) is 21.9 Å². The number of thiazole rings is 1. The van der Waals surface area contributed by atoms with E-state index in [-0.39, 0.29) is 17.1 Å². The molecule has 2 aromatic rings. The number of amides is 2. The van der Waals surface area contributed by atoms with E-state index in [0.717, 1.165) is 11.3 Å². The number of hydrogen-bond acceptors (Lipinski definition) is 5. The zero-order valence-corrected chi connectivity index (χ0v) is 12.3. The van der Waals surface area contributed by atoms with Gasteiger partial charge in [0.15, 0.2) is 5.13 Å². The number of aromatic nitrogens is 2. The minimum absolute atomic E-state index is 0.0329. The summed E-state index contributed by atoms with van der Waals surface area (Å²) in [4.78, 5) is 30.0. The van der Waals surface area contributed by atoms with E-state index in [2.05, 4.69) is 9.97 Å². The number of nitrogens with one attached hydrogen (secondary N) is 1. The van der Waals surface area contributed by atoms with Crippen LogP contribution in [0, 0.1) is 6.92 Å². The Kier molecular flexibility index (Phi) is 4.45. The second kappa shape index (κ2) is 6.14. The van der Waals surface area contributed by atoms with Crippen LogP contribution in [0.25, 0.3) is 0 Å². The smallest absolute Gasteiger partial charge is 0.366 e. The van der Waals surface area contributed by atoms with E-state index >= 15 is 0 Å². The van der Waals surface area contributed by atoms with Crippen LogP contribution in [0.5, 0.6) is 0 Å². The molecule has 0 aliphatic carbocycles. The number of nitrogens with zero attached hydrogens (tertiary/aromatic N) is 2. The number of alkyl halides is 2. The van der Waals surface area contributed by atoms with Crippen molar-refractivity contribution in [1.29, 1.82) is 0 Å². The lowest BCUT2D eigenvalue weighted by molar-refractivity contribution is -0.141. The number of halogens is 2. The third kappa shape index (κ3) is 3.42. The maximum absolute atomic E-state index is 14.1. The van der Waals surface area contributed by atoms with Gasteiger partial charge in [-0.1, -0.05) is 6.07 Å². The molecule has 0 aliphatic rings. The van der Waals surface area contributed by atoms with Gasteiger partial charge in [-0.3, -0.25) is 19.9 Å². The highest BCUT2D eigenvalue weighted by Crippen LogP contribution is 2.30.